The number of hydroxylamine groups is 1. The van der Waals surface area contributed by atoms with Crippen LogP contribution in [0.2, 0.25) is 0 Å². The summed E-state index contributed by atoms with van der Waals surface area (Å²) < 4.78 is 10.8. The molecular weight excluding hydrogens is 306 g/mol. The second-order valence-electron chi connectivity index (χ2n) is 6.31. The van der Waals surface area contributed by atoms with Crippen molar-refractivity contribution in [2.75, 3.05) is 0 Å². The molecular formula is C19H23NO4. The molecule has 0 aliphatic heterocycles. The van der Waals surface area contributed by atoms with Crippen molar-refractivity contribution in [1.82, 2.24) is 5.48 Å². The minimum atomic E-state index is -0.606. The molecule has 0 aromatic heterocycles. The van der Waals surface area contributed by atoms with Crippen LogP contribution in [-0.2, 0) is 22.8 Å². The van der Waals surface area contributed by atoms with Gasteiger partial charge in [-0.2, -0.15) is 5.48 Å². The highest BCUT2D eigenvalue weighted by atomic mass is 16.7. The molecule has 5 heteroatoms. The van der Waals surface area contributed by atoms with E-state index in [-0.39, 0.29) is 6.61 Å². The van der Waals surface area contributed by atoms with Crippen molar-refractivity contribution in [1.29, 1.82) is 0 Å². The molecule has 1 amide bonds. The summed E-state index contributed by atoms with van der Waals surface area (Å²) in [5.74, 6) is 0.780. The molecule has 0 fully saturated rings. The summed E-state index contributed by atoms with van der Waals surface area (Å²) in [7, 11) is 0. The lowest BCUT2D eigenvalue weighted by atomic mass is 10.2. The molecule has 0 heterocycles. The van der Waals surface area contributed by atoms with Gasteiger partial charge < -0.3 is 9.47 Å². The maximum Gasteiger partial charge on any atom is 0.431 e. The van der Waals surface area contributed by atoms with E-state index in [1.807, 2.05) is 54.6 Å². The molecule has 5 nitrogen and oxygen atoms in total. The Morgan fingerprint density at radius 1 is 0.917 bits per heavy atom. The molecule has 1 N–H and O–H groups in total. The largest absolute Gasteiger partial charge is 0.489 e. The number of benzene rings is 2. The summed E-state index contributed by atoms with van der Waals surface area (Å²) >= 11 is 0. The van der Waals surface area contributed by atoms with Crippen LogP contribution in [0.4, 0.5) is 4.79 Å². The summed E-state index contributed by atoms with van der Waals surface area (Å²) in [6, 6.07) is 17.5. The fourth-order valence-corrected chi connectivity index (χ4v) is 1.90. The molecule has 0 spiro atoms. The van der Waals surface area contributed by atoms with E-state index in [4.69, 9.17) is 14.3 Å². The quantitative estimate of drug-likeness (QED) is 0.806. The number of carbonyl (C=O) groups is 1. The van der Waals surface area contributed by atoms with Gasteiger partial charge in [0.05, 0.1) is 6.61 Å². The number of amides is 1. The third kappa shape index (κ3) is 6.71. The SMILES string of the molecule is CC(C)(C)OC(=O)NOCc1ccc(OCc2ccccc2)cc1. The van der Waals surface area contributed by atoms with Gasteiger partial charge in [0.25, 0.3) is 0 Å². The molecule has 128 valence electrons. The van der Waals surface area contributed by atoms with Gasteiger partial charge in [-0.15, -0.1) is 0 Å². The lowest BCUT2D eigenvalue weighted by molar-refractivity contribution is -0.0137. The summed E-state index contributed by atoms with van der Waals surface area (Å²) in [6.07, 6.45) is -0.606. The summed E-state index contributed by atoms with van der Waals surface area (Å²) in [5.41, 5.74) is 3.74. The Morgan fingerprint density at radius 2 is 1.54 bits per heavy atom. The van der Waals surface area contributed by atoms with Crippen molar-refractivity contribution >= 4 is 6.09 Å². The van der Waals surface area contributed by atoms with Crippen molar-refractivity contribution < 1.29 is 19.1 Å². The van der Waals surface area contributed by atoms with Gasteiger partial charge in [-0.3, -0.25) is 4.84 Å². The molecule has 0 radical (unpaired) electrons. The fourth-order valence-electron chi connectivity index (χ4n) is 1.90. The first kappa shape index (κ1) is 17.8. The normalized spacial score (nSPS) is 11.0. The third-order valence-corrected chi connectivity index (χ3v) is 2.96. The van der Waals surface area contributed by atoms with Gasteiger partial charge in [0.15, 0.2) is 0 Å². The molecule has 0 unspecified atom stereocenters. The van der Waals surface area contributed by atoms with Gasteiger partial charge in [0.1, 0.15) is 18.0 Å². The zero-order valence-corrected chi connectivity index (χ0v) is 14.2. The van der Waals surface area contributed by atoms with E-state index in [0.29, 0.717) is 6.61 Å². The van der Waals surface area contributed by atoms with Crippen LogP contribution in [0.5, 0.6) is 5.75 Å². The van der Waals surface area contributed by atoms with Gasteiger partial charge in [-0.05, 0) is 44.0 Å². The first-order chi connectivity index (χ1) is 11.4. The smallest absolute Gasteiger partial charge is 0.431 e. The lowest BCUT2D eigenvalue weighted by Gasteiger charge is -2.19. The molecule has 24 heavy (non-hydrogen) atoms. The van der Waals surface area contributed by atoms with Gasteiger partial charge >= 0.3 is 6.09 Å². The number of hydrogen-bond acceptors (Lipinski definition) is 4. The summed E-state index contributed by atoms with van der Waals surface area (Å²) in [4.78, 5) is 16.6. The molecule has 0 bridgehead atoms. The van der Waals surface area contributed by atoms with Crippen LogP contribution in [0, 0.1) is 0 Å². The van der Waals surface area contributed by atoms with Crippen LogP contribution in [0.3, 0.4) is 0 Å². The van der Waals surface area contributed by atoms with E-state index in [1.165, 1.54) is 0 Å². The van der Waals surface area contributed by atoms with E-state index in [0.717, 1.165) is 16.9 Å². The standard InChI is InChI=1S/C19H23NO4/c1-19(2,3)24-18(21)20-23-14-16-9-11-17(12-10-16)22-13-15-7-5-4-6-8-15/h4-12H,13-14H2,1-3H3,(H,20,21). The first-order valence-corrected chi connectivity index (χ1v) is 7.79. The number of hydrogen-bond donors (Lipinski definition) is 1. The van der Waals surface area contributed by atoms with Crippen molar-refractivity contribution in [2.45, 2.75) is 39.6 Å². The van der Waals surface area contributed by atoms with Crippen molar-refractivity contribution in [3.63, 3.8) is 0 Å². The van der Waals surface area contributed by atoms with Crippen LogP contribution in [0.25, 0.3) is 0 Å². The predicted molar refractivity (Wildman–Crippen MR) is 91.4 cm³/mol. The van der Waals surface area contributed by atoms with Crippen LogP contribution in [-0.4, -0.2) is 11.7 Å². The predicted octanol–water partition coefficient (Wildman–Crippen LogP) is 4.22. The van der Waals surface area contributed by atoms with Gasteiger partial charge in [-0.25, -0.2) is 4.79 Å². The fraction of sp³-hybridized carbons (Fsp3) is 0.316. The maximum absolute atomic E-state index is 11.4. The third-order valence-electron chi connectivity index (χ3n) is 2.96. The Hall–Kier alpha value is -2.53. The van der Waals surface area contributed by atoms with E-state index >= 15 is 0 Å². The van der Waals surface area contributed by atoms with Gasteiger partial charge in [-0.1, -0.05) is 42.5 Å². The molecule has 0 saturated heterocycles. The van der Waals surface area contributed by atoms with Crippen LogP contribution in [0.15, 0.2) is 54.6 Å². The topological polar surface area (TPSA) is 56.8 Å². The van der Waals surface area contributed by atoms with Gasteiger partial charge in [0, 0.05) is 0 Å². The molecule has 0 atom stereocenters. The Balaban J connectivity index is 1.73. The maximum atomic E-state index is 11.4. The highest BCUT2D eigenvalue weighted by Crippen LogP contribution is 2.14. The highest BCUT2D eigenvalue weighted by Gasteiger charge is 2.15. The zero-order chi connectivity index (χ0) is 17.4. The Labute approximate surface area is 142 Å². The van der Waals surface area contributed by atoms with E-state index in [1.54, 1.807) is 20.8 Å². The van der Waals surface area contributed by atoms with E-state index in [9.17, 15) is 4.79 Å². The molecule has 2 aromatic rings. The Bertz CT molecular complexity index is 633. The van der Waals surface area contributed by atoms with E-state index in [2.05, 4.69) is 5.48 Å². The number of rotatable bonds is 6. The molecule has 0 aliphatic carbocycles. The van der Waals surface area contributed by atoms with Gasteiger partial charge in [0.2, 0.25) is 0 Å². The Morgan fingerprint density at radius 3 is 2.17 bits per heavy atom. The molecule has 2 rings (SSSR count). The minimum absolute atomic E-state index is 0.248. The average molecular weight is 329 g/mol. The van der Waals surface area contributed by atoms with Crippen LogP contribution < -0.4 is 10.2 Å². The molecule has 0 aliphatic rings. The van der Waals surface area contributed by atoms with Crippen molar-refractivity contribution in [3.05, 3.63) is 65.7 Å². The minimum Gasteiger partial charge on any atom is -0.489 e. The number of ether oxygens (including phenoxy) is 2. The lowest BCUT2D eigenvalue weighted by Crippen LogP contribution is -2.32. The van der Waals surface area contributed by atoms with Crippen molar-refractivity contribution in [2.24, 2.45) is 0 Å². The van der Waals surface area contributed by atoms with Crippen molar-refractivity contribution in [3.8, 4) is 5.75 Å². The number of carbonyl (C=O) groups excluding carboxylic acids is 1. The first-order valence-electron chi connectivity index (χ1n) is 7.79. The zero-order valence-electron chi connectivity index (χ0n) is 14.2. The average Bonchev–Trinajstić information content (AvgIpc) is 2.53. The number of nitrogens with one attached hydrogen (secondary N) is 1. The second kappa shape index (κ2) is 8.36. The molecule has 2 aromatic carbocycles. The molecule has 0 saturated carbocycles. The monoisotopic (exact) mass is 329 g/mol. The van der Waals surface area contributed by atoms with Crippen LogP contribution in [0.1, 0.15) is 31.9 Å². The second-order valence-corrected chi connectivity index (χ2v) is 6.31. The Kier molecular flexibility index (Phi) is 6.21. The van der Waals surface area contributed by atoms with E-state index < -0.39 is 11.7 Å². The highest BCUT2D eigenvalue weighted by molar-refractivity contribution is 5.66. The summed E-state index contributed by atoms with van der Waals surface area (Å²) in [6.45, 7) is 6.15. The van der Waals surface area contributed by atoms with Crippen LogP contribution >= 0.6 is 0 Å². The summed E-state index contributed by atoms with van der Waals surface area (Å²) in [5, 5.41) is 0.